The van der Waals surface area contributed by atoms with Crippen molar-refractivity contribution in [1.29, 1.82) is 0 Å². The Bertz CT molecular complexity index is 910. The molecule has 2 aromatic carbocycles. The second-order valence-electron chi connectivity index (χ2n) is 5.90. The molecule has 0 saturated carbocycles. The lowest BCUT2D eigenvalue weighted by molar-refractivity contribution is 0.0469. The van der Waals surface area contributed by atoms with E-state index in [1.54, 1.807) is 31.5 Å². The second-order valence-corrected chi connectivity index (χ2v) is 5.90. The highest BCUT2D eigenvalue weighted by Gasteiger charge is 2.15. The van der Waals surface area contributed by atoms with Gasteiger partial charge in [-0.05, 0) is 42.0 Å². The molecule has 0 aliphatic heterocycles. The van der Waals surface area contributed by atoms with E-state index in [0.29, 0.717) is 23.7 Å². The molecular weight excluding hydrogens is 358 g/mol. The normalized spacial score (nSPS) is 10.2. The monoisotopic (exact) mass is 379 g/mol. The fraction of sp³-hybridized carbons (Fsp3) is 0.182. The zero-order valence-electron chi connectivity index (χ0n) is 15.8. The standard InChI is InChI=1S/C22H21NO5/c1-25-19-10-11-20(21(13-19)26-2)22(24)28-14-16-6-8-18(9-7-16)27-15-17-5-3-4-12-23-17/h3-13H,14-15H2,1-2H3. The summed E-state index contributed by atoms with van der Waals surface area (Å²) in [7, 11) is 3.05. The van der Waals surface area contributed by atoms with Crippen molar-refractivity contribution in [2.75, 3.05) is 14.2 Å². The SMILES string of the molecule is COc1ccc(C(=O)OCc2ccc(OCc3ccccn3)cc2)c(OC)c1. The van der Waals surface area contributed by atoms with Crippen molar-refractivity contribution >= 4 is 5.97 Å². The minimum atomic E-state index is -0.463. The minimum Gasteiger partial charge on any atom is -0.497 e. The van der Waals surface area contributed by atoms with Crippen LogP contribution in [0.5, 0.6) is 17.2 Å². The van der Waals surface area contributed by atoms with Gasteiger partial charge >= 0.3 is 5.97 Å². The van der Waals surface area contributed by atoms with Gasteiger partial charge in [0.25, 0.3) is 0 Å². The molecule has 0 saturated heterocycles. The topological polar surface area (TPSA) is 66.9 Å². The van der Waals surface area contributed by atoms with Crippen molar-refractivity contribution in [3.05, 3.63) is 83.7 Å². The van der Waals surface area contributed by atoms with Gasteiger partial charge in [0, 0.05) is 12.3 Å². The molecule has 3 rings (SSSR count). The summed E-state index contributed by atoms with van der Waals surface area (Å²) in [6.45, 7) is 0.543. The Morgan fingerprint density at radius 1 is 0.893 bits per heavy atom. The maximum Gasteiger partial charge on any atom is 0.342 e. The second kappa shape index (κ2) is 9.41. The first-order valence-electron chi connectivity index (χ1n) is 8.70. The Morgan fingerprint density at radius 2 is 1.68 bits per heavy atom. The number of nitrogens with zero attached hydrogens (tertiary/aromatic N) is 1. The van der Waals surface area contributed by atoms with Gasteiger partial charge in [-0.2, -0.15) is 0 Å². The molecule has 3 aromatic rings. The van der Waals surface area contributed by atoms with E-state index in [-0.39, 0.29) is 6.61 Å². The first-order valence-corrected chi connectivity index (χ1v) is 8.70. The fourth-order valence-corrected chi connectivity index (χ4v) is 2.52. The van der Waals surface area contributed by atoms with Gasteiger partial charge in [-0.1, -0.05) is 18.2 Å². The number of rotatable bonds is 8. The van der Waals surface area contributed by atoms with E-state index in [0.717, 1.165) is 17.0 Å². The number of aromatic nitrogens is 1. The van der Waals surface area contributed by atoms with Gasteiger partial charge < -0.3 is 18.9 Å². The van der Waals surface area contributed by atoms with E-state index in [4.69, 9.17) is 18.9 Å². The summed E-state index contributed by atoms with van der Waals surface area (Å²) in [6.07, 6.45) is 1.73. The van der Waals surface area contributed by atoms with Gasteiger partial charge in [0.1, 0.15) is 36.0 Å². The zero-order chi connectivity index (χ0) is 19.8. The van der Waals surface area contributed by atoms with Crippen LogP contribution in [-0.2, 0) is 18.0 Å². The van der Waals surface area contributed by atoms with Crippen LogP contribution >= 0.6 is 0 Å². The van der Waals surface area contributed by atoms with E-state index < -0.39 is 5.97 Å². The Balaban J connectivity index is 1.55. The molecule has 1 heterocycles. The molecule has 6 nitrogen and oxygen atoms in total. The minimum absolute atomic E-state index is 0.147. The highest BCUT2D eigenvalue weighted by Crippen LogP contribution is 2.25. The summed E-state index contributed by atoms with van der Waals surface area (Å²) >= 11 is 0. The number of carbonyl (C=O) groups excluding carboxylic acids is 1. The predicted molar refractivity (Wildman–Crippen MR) is 104 cm³/mol. The van der Waals surface area contributed by atoms with Crippen LogP contribution in [0.2, 0.25) is 0 Å². The first kappa shape index (κ1) is 19.2. The number of esters is 1. The lowest BCUT2D eigenvalue weighted by Crippen LogP contribution is -2.07. The van der Waals surface area contributed by atoms with E-state index >= 15 is 0 Å². The number of hydrogen-bond acceptors (Lipinski definition) is 6. The molecule has 0 N–H and O–H groups in total. The highest BCUT2D eigenvalue weighted by atomic mass is 16.5. The zero-order valence-corrected chi connectivity index (χ0v) is 15.8. The van der Waals surface area contributed by atoms with Crippen molar-refractivity contribution in [3.63, 3.8) is 0 Å². The molecule has 0 bridgehead atoms. The summed E-state index contributed by atoms with van der Waals surface area (Å²) < 4.78 is 21.5. The number of carbonyl (C=O) groups is 1. The largest absolute Gasteiger partial charge is 0.497 e. The fourth-order valence-electron chi connectivity index (χ4n) is 2.52. The Hall–Kier alpha value is -3.54. The molecule has 0 spiro atoms. The Morgan fingerprint density at radius 3 is 2.36 bits per heavy atom. The Labute approximate surface area is 163 Å². The molecule has 0 aliphatic carbocycles. The molecule has 6 heteroatoms. The van der Waals surface area contributed by atoms with Crippen LogP contribution in [0.3, 0.4) is 0 Å². The summed E-state index contributed by atoms with van der Waals surface area (Å²) in [5, 5.41) is 0. The summed E-state index contributed by atoms with van der Waals surface area (Å²) in [6, 6.07) is 18.0. The molecule has 0 radical (unpaired) electrons. The number of ether oxygens (including phenoxy) is 4. The molecule has 1 aromatic heterocycles. The quantitative estimate of drug-likeness (QED) is 0.551. The summed E-state index contributed by atoms with van der Waals surface area (Å²) in [5.41, 5.74) is 2.05. The van der Waals surface area contributed by atoms with Crippen molar-refractivity contribution < 1.29 is 23.7 Å². The van der Waals surface area contributed by atoms with Crippen LogP contribution in [0.1, 0.15) is 21.6 Å². The third kappa shape index (κ3) is 5.01. The lowest BCUT2D eigenvalue weighted by Gasteiger charge is -2.11. The molecule has 0 amide bonds. The van der Waals surface area contributed by atoms with Crippen LogP contribution < -0.4 is 14.2 Å². The van der Waals surface area contributed by atoms with Gasteiger partial charge in [0.15, 0.2) is 0 Å². The maximum atomic E-state index is 12.3. The van der Waals surface area contributed by atoms with E-state index in [1.807, 2.05) is 42.5 Å². The van der Waals surface area contributed by atoms with Crippen LogP contribution in [-0.4, -0.2) is 25.2 Å². The van der Waals surface area contributed by atoms with E-state index in [9.17, 15) is 4.79 Å². The summed E-state index contributed by atoms with van der Waals surface area (Å²) in [4.78, 5) is 16.6. The predicted octanol–water partition coefficient (Wildman–Crippen LogP) is 4.03. The van der Waals surface area contributed by atoms with Gasteiger partial charge in [0.2, 0.25) is 0 Å². The van der Waals surface area contributed by atoms with Crippen molar-refractivity contribution in [2.45, 2.75) is 13.2 Å². The average Bonchev–Trinajstić information content (AvgIpc) is 2.77. The molecule has 0 atom stereocenters. The summed E-state index contributed by atoms with van der Waals surface area (Å²) in [5.74, 6) is 1.27. The van der Waals surface area contributed by atoms with Crippen LogP contribution in [0.4, 0.5) is 0 Å². The molecule has 0 fully saturated rings. The number of benzene rings is 2. The third-order valence-corrected chi connectivity index (χ3v) is 4.03. The van der Waals surface area contributed by atoms with Crippen LogP contribution in [0.15, 0.2) is 66.9 Å². The van der Waals surface area contributed by atoms with Crippen molar-refractivity contribution in [2.24, 2.45) is 0 Å². The number of methoxy groups -OCH3 is 2. The number of pyridine rings is 1. The maximum absolute atomic E-state index is 12.3. The van der Waals surface area contributed by atoms with Gasteiger partial charge in [0.05, 0.1) is 19.9 Å². The van der Waals surface area contributed by atoms with Crippen molar-refractivity contribution in [3.8, 4) is 17.2 Å². The first-order chi connectivity index (χ1) is 13.7. The van der Waals surface area contributed by atoms with Gasteiger partial charge in [-0.25, -0.2) is 4.79 Å². The molecular formula is C22H21NO5. The Kier molecular flexibility index (Phi) is 6.46. The third-order valence-electron chi connectivity index (χ3n) is 4.03. The van der Waals surface area contributed by atoms with Crippen LogP contribution in [0.25, 0.3) is 0 Å². The molecule has 144 valence electrons. The number of hydrogen-bond donors (Lipinski definition) is 0. The molecule has 0 unspecified atom stereocenters. The van der Waals surface area contributed by atoms with E-state index in [1.165, 1.54) is 7.11 Å². The van der Waals surface area contributed by atoms with Gasteiger partial charge in [-0.15, -0.1) is 0 Å². The van der Waals surface area contributed by atoms with Crippen LogP contribution in [0, 0.1) is 0 Å². The average molecular weight is 379 g/mol. The van der Waals surface area contributed by atoms with E-state index in [2.05, 4.69) is 4.98 Å². The van der Waals surface area contributed by atoms with Gasteiger partial charge in [-0.3, -0.25) is 4.98 Å². The molecule has 0 aliphatic rings. The highest BCUT2D eigenvalue weighted by molar-refractivity contribution is 5.92. The molecule has 28 heavy (non-hydrogen) atoms. The smallest absolute Gasteiger partial charge is 0.342 e. The lowest BCUT2D eigenvalue weighted by atomic mass is 10.2. The van der Waals surface area contributed by atoms with Crippen molar-refractivity contribution in [1.82, 2.24) is 4.98 Å².